The third kappa shape index (κ3) is 11.2. The molecule has 0 aliphatic carbocycles. The van der Waals surface area contributed by atoms with Crippen molar-refractivity contribution in [2.24, 2.45) is 0 Å². The van der Waals surface area contributed by atoms with E-state index in [0.29, 0.717) is 0 Å². The lowest BCUT2D eigenvalue weighted by molar-refractivity contribution is 0.289. The van der Waals surface area contributed by atoms with Crippen LogP contribution in [0.5, 0.6) is 11.5 Å². The number of hydrogen-bond donors (Lipinski definition) is 0. The summed E-state index contributed by atoms with van der Waals surface area (Å²) in [6.07, 6.45) is 13.4. The summed E-state index contributed by atoms with van der Waals surface area (Å²) >= 11 is 0. The van der Waals surface area contributed by atoms with Gasteiger partial charge in [0.15, 0.2) is 0 Å². The summed E-state index contributed by atoms with van der Waals surface area (Å²) in [5.41, 5.74) is 11.0. The zero-order chi connectivity index (χ0) is 39.9. The fourth-order valence-electron chi connectivity index (χ4n) is 7.04. The second-order valence-electron chi connectivity index (χ2n) is 19.5. The Kier molecular flexibility index (Phi) is 14.2. The number of benzene rings is 2. The van der Waals surface area contributed by atoms with E-state index in [-0.39, 0.29) is 21.7 Å². The van der Waals surface area contributed by atoms with E-state index in [4.69, 9.17) is 19.4 Å². The molecule has 0 aliphatic rings. The third-order valence-corrected chi connectivity index (χ3v) is 10.3. The molecule has 0 fully saturated rings. The highest BCUT2D eigenvalue weighted by Gasteiger charge is 2.30. The molecule has 0 amide bonds. The van der Waals surface area contributed by atoms with Gasteiger partial charge in [-0.05, 0) is 105 Å². The first-order valence-electron chi connectivity index (χ1n) is 20.8. The van der Waals surface area contributed by atoms with Crippen molar-refractivity contribution in [3.63, 3.8) is 0 Å². The van der Waals surface area contributed by atoms with Crippen molar-refractivity contribution in [3.05, 3.63) is 83.2 Å². The Morgan fingerprint density at radius 1 is 0.407 bits per heavy atom. The molecule has 2 aromatic carbocycles. The predicted octanol–water partition coefficient (Wildman–Crippen LogP) is 14.6. The summed E-state index contributed by atoms with van der Waals surface area (Å²) < 4.78 is 13.4. The maximum Gasteiger partial charge on any atom is 0.126 e. The number of pyridine rings is 2. The molecule has 54 heavy (non-hydrogen) atoms. The third-order valence-electron chi connectivity index (χ3n) is 10.3. The fraction of sp³-hybridized carbons (Fsp3) is 0.560. The largest absolute Gasteiger partial charge is 0.493 e. The van der Waals surface area contributed by atoms with Crippen LogP contribution in [-0.4, -0.2) is 23.2 Å². The summed E-state index contributed by atoms with van der Waals surface area (Å²) in [6, 6.07) is 18.0. The van der Waals surface area contributed by atoms with Crippen molar-refractivity contribution in [3.8, 4) is 45.1 Å². The van der Waals surface area contributed by atoms with E-state index in [1.807, 2.05) is 12.4 Å². The van der Waals surface area contributed by atoms with Crippen molar-refractivity contribution in [2.45, 2.75) is 170 Å². The molecule has 0 N–H and O–H groups in total. The summed E-state index contributed by atoms with van der Waals surface area (Å²) in [6.45, 7) is 33.5. The number of nitrogens with zero attached hydrogens (tertiary/aromatic N) is 2. The average molecular weight is 733 g/mol. The van der Waals surface area contributed by atoms with Gasteiger partial charge >= 0.3 is 0 Å². The predicted molar refractivity (Wildman–Crippen MR) is 232 cm³/mol. The Balaban J connectivity index is 1.79. The molecular weight excluding hydrogens is 661 g/mol. The second-order valence-corrected chi connectivity index (χ2v) is 19.5. The molecule has 0 radical (unpaired) electrons. The van der Waals surface area contributed by atoms with Gasteiger partial charge in [-0.25, -0.2) is 0 Å². The minimum atomic E-state index is -0.0893. The number of ether oxygens (including phenoxy) is 2. The van der Waals surface area contributed by atoms with Crippen LogP contribution in [0.2, 0.25) is 0 Å². The lowest BCUT2D eigenvalue weighted by Gasteiger charge is -2.31. The smallest absolute Gasteiger partial charge is 0.126 e. The number of rotatable bonds is 15. The fourth-order valence-corrected chi connectivity index (χ4v) is 7.04. The second kappa shape index (κ2) is 17.9. The molecule has 0 unspecified atom stereocenters. The van der Waals surface area contributed by atoms with Gasteiger partial charge in [0.05, 0.1) is 24.6 Å². The minimum absolute atomic E-state index is 0.0893. The number of hydrogen-bond acceptors (Lipinski definition) is 4. The molecule has 4 heteroatoms. The van der Waals surface area contributed by atoms with Gasteiger partial charge in [-0.15, -0.1) is 0 Å². The molecule has 0 aliphatic heterocycles. The highest BCUT2D eigenvalue weighted by Crippen LogP contribution is 2.45. The van der Waals surface area contributed by atoms with Gasteiger partial charge in [0, 0.05) is 34.6 Å². The maximum atomic E-state index is 6.68. The van der Waals surface area contributed by atoms with Crippen LogP contribution in [-0.2, 0) is 21.7 Å². The molecule has 0 atom stereocenters. The lowest BCUT2D eigenvalue weighted by Crippen LogP contribution is -2.20. The number of unbranched alkanes of at least 4 members (excludes halogenated alkanes) is 6. The van der Waals surface area contributed by atoms with Crippen LogP contribution in [0.1, 0.15) is 171 Å². The van der Waals surface area contributed by atoms with E-state index < -0.39 is 0 Å². The minimum Gasteiger partial charge on any atom is -0.493 e. The molecule has 0 spiro atoms. The highest BCUT2D eigenvalue weighted by atomic mass is 16.5. The molecule has 0 bridgehead atoms. The average Bonchev–Trinajstić information content (AvgIpc) is 3.09. The first-order valence-corrected chi connectivity index (χ1v) is 20.8. The topological polar surface area (TPSA) is 44.2 Å². The Labute approximate surface area is 329 Å². The van der Waals surface area contributed by atoms with Crippen LogP contribution in [0.15, 0.2) is 60.9 Å². The highest BCUT2D eigenvalue weighted by molar-refractivity contribution is 5.76. The van der Waals surface area contributed by atoms with Crippen molar-refractivity contribution in [1.82, 2.24) is 9.97 Å². The molecule has 0 saturated heterocycles. The van der Waals surface area contributed by atoms with Gasteiger partial charge in [-0.3, -0.25) is 9.97 Å². The Bertz CT molecular complexity index is 1620. The zero-order valence-corrected chi connectivity index (χ0v) is 36.6. The van der Waals surface area contributed by atoms with E-state index in [2.05, 4.69) is 145 Å². The lowest BCUT2D eigenvalue weighted by atomic mass is 9.77. The van der Waals surface area contributed by atoms with Crippen LogP contribution in [0.4, 0.5) is 0 Å². The standard InChI is InChI=1S/C50H72N2O2/c1-15-17-19-21-27-53-45-39(47(3,4)5)29-37(30-40(45)48(6,7)8)35-23-25-51-43(33-35)44-34-36(24-26-52-44)38-31-41(49(9,10)11)46(42(32-38)50(12,13)14)54-28-22-20-18-16-2/h23-26,29-34H,15-22,27-28H2,1-14H3. The first kappa shape index (κ1) is 43.1. The monoisotopic (exact) mass is 733 g/mol. The van der Waals surface area contributed by atoms with Gasteiger partial charge in [0.1, 0.15) is 11.5 Å². The molecule has 294 valence electrons. The Morgan fingerprint density at radius 3 is 1.00 bits per heavy atom. The molecule has 0 saturated carbocycles. The van der Waals surface area contributed by atoms with Crippen molar-refractivity contribution < 1.29 is 9.47 Å². The van der Waals surface area contributed by atoms with Crippen molar-refractivity contribution in [1.29, 1.82) is 0 Å². The SMILES string of the molecule is CCCCCCOc1c(C(C)(C)C)cc(-c2ccnc(-c3cc(-c4cc(C(C)(C)C)c(OCCCCCC)c(C(C)(C)C)c4)ccn3)c2)cc1C(C)(C)C. The van der Waals surface area contributed by atoms with Crippen LogP contribution in [0.3, 0.4) is 0 Å². The van der Waals surface area contributed by atoms with Gasteiger partial charge in [-0.2, -0.15) is 0 Å². The molecular formula is C50H72N2O2. The molecule has 4 rings (SSSR count). The summed E-state index contributed by atoms with van der Waals surface area (Å²) in [4.78, 5) is 9.74. The summed E-state index contributed by atoms with van der Waals surface area (Å²) in [5.74, 6) is 2.10. The van der Waals surface area contributed by atoms with E-state index in [0.717, 1.165) is 60.1 Å². The summed E-state index contributed by atoms with van der Waals surface area (Å²) in [7, 11) is 0. The van der Waals surface area contributed by atoms with Gasteiger partial charge < -0.3 is 9.47 Å². The normalized spacial score (nSPS) is 12.6. The van der Waals surface area contributed by atoms with Crippen LogP contribution in [0.25, 0.3) is 33.6 Å². The van der Waals surface area contributed by atoms with Gasteiger partial charge in [-0.1, -0.05) is 135 Å². The maximum absolute atomic E-state index is 6.68. The van der Waals surface area contributed by atoms with Crippen molar-refractivity contribution >= 4 is 0 Å². The first-order chi connectivity index (χ1) is 25.3. The van der Waals surface area contributed by atoms with Crippen molar-refractivity contribution in [2.75, 3.05) is 13.2 Å². The van der Waals surface area contributed by atoms with Crippen LogP contribution in [0, 0.1) is 0 Å². The van der Waals surface area contributed by atoms with E-state index >= 15 is 0 Å². The van der Waals surface area contributed by atoms with E-state index in [1.165, 1.54) is 71.9 Å². The van der Waals surface area contributed by atoms with Gasteiger partial charge in [0.25, 0.3) is 0 Å². The quantitative estimate of drug-likeness (QED) is 0.114. The molecule has 2 heterocycles. The van der Waals surface area contributed by atoms with Crippen LogP contribution >= 0.6 is 0 Å². The molecule has 4 aromatic rings. The number of aromatic nitrogens is 2. The van der Waals surface area contributed by atoms with Crippen LogP contribution < -0.4 is 9.47 Å². The van der Waals surface area contributed by atoms with E-state index in [1.54, 1.807) is 0 Å². The molecule has 2 aromatic heterocycles. The van der Waals surface area contributed by atoms with E-state index in [9.17, 15) is 0 Å². The summed E-state index contributed by atoms with van der Waals surface area (Å²) in [5, 5.41) is 0. The Morgan fingerprint density at radius 2 is 0.722 bits per heavy atom. The molecule has 4 nitrogen and oxygen atoms in total. The van der Waals surface area contributed by atoms with Gasteiger partial charge in [0.2, 0.25) is 0 Å². The zero-order valence-electron chi connectivity index (χ0n) is 36.6. The Hall–Kier alpha value is -3.66.